The lowest BCUT2D eigenvalue weighted by Gasteiger charge is -2.55. The summed E-state index contributed by atoms with van der Waals surface area (Å²) in [6.45, 7) is -0.144. The molecule has 1 aliphatic carbocycles. The average Bonchev–Trinajstić information content (AvgIpc) is 2.68. The highest BCUT2D eigenvalue weighted by molar-refractivity contribution is 5.86. The molecule has 5 rings (SSSR count). The largest absolute Gasteiger partial charge is 0.373 e. The minimum absolute atomic E-state index is 0.144. The van der Waals surface area contributed by atoms with E-state index in [0.717, 1.165) is 19.3 Å². The number of carbonyl (C=O) groups excluding carboxylic acids is 2. The number of likely N-dealkylation sites (tertiary alicyclic amines) is 1. The molecule has 21 heavy (non-hydrogen) atoms. The maximum absolute atomic E-state index is 12.2. The third-order valence-corrected chi connectivity index (χ3v) is 4.93. The normalized spacial score (nSPS) is 44.4. The van der Waals surface area contributed by atoms with E-state index in [4.69, 9.17) is 9.47 Å². The summed E-state index contributed by atoms with van der Waals surface area (Å²) in [4.78, 5) is 25.0. The number of hydrogen-bond acceptors (Lipinski definition) is 5. The highest BCUT2D eigenvalue weighted by Gasteiger charge is 2.54. The number of ether oxygens (including phenoxy) is 2. The van der Waals surface area contributed by atoms with Gasteiger partial charge in [0.05, 0.1) is 12.2 Å². The van der Waals surface area contributed by atoms with Crippen molar-refractivity contribution < 1.29 is 24.2 Å². The van der Waals surface area contributed by atoms with E-state index in [1.165, 1.54) is 4.90 Å². The fraction of sp³-hybridized carbons (Fsp3) is 0.857. The third-order valence-electron chi connectivity index (χ3n) is 4.93. The molecule has 0 aromatic rings. The van der Waals surface area contributed by atoms with Gasteiger partial charge in [-0.2, -0.15) is 0 Å². The van der Waals surface area contributed by atoms with Crippen molar-refractivity contribution >= 4 is 11.8 Å². The van der Waals surface area contributed by atoms with Gasteiger partial charge in [-0.15, -0.1) is 0 Å². The first-order valence-electron chi connectivity index (χ1n) is 7.67. The zero-order valence-electron chi connectivity index (χ0n) is 11.8. The van der Waals surface area contributed by atoms with E-state index in [1.54, 1.807) is 0 Å². The van der Waals surface area contributed by atoms with Gasteiger partial charge < -0.3 is 24.8 Å². The predicted octanol–water partition coefficient (Wildman–Crippen LogP) is -0.315. The molecule has 0 spiro atoms. The predicted molar refractivity (Wildman–Crippen MR) is 69.5 cm³/mol. The number of rotatable bonds is 3. The van der Waals surface area contributed by atoms with Gasteiger partial charge in [0.1, 0.15) is 12.8 Å². The van der Waals surface area contributed by atoms with Crippen molar-refractivity contribution in [3.8, 4) is 0 Å². The highest BCUT2D eigenvalue weighted by Crippen LogP contribution is 2.47. The van der Waals surface area contributed by atoms with Gasteiger partial charge in [-0.1, -0.05) is 0 Å². The molecule has 5 fully saturated rings. The number of hydrogen-bond donors (Lipinski definition) is 2. The van der Waals surface area contributed by atoms with Crippen molar-refractivity contribution in [1.29, 1.82) is 0 Å². The Morgan fingerprint density at radius 2 is 2.05 bits per heavy atom. The lowest BCUT2D eigenvalue weighted by atomic mass is 9.77. The van der Waals surface area contributed by atoms with Crippen LogP contribution in [-0.4, -0.2) is 52.7 Å². The second kappa shape index (κ2) is 4.66. The molecule has 0 aromatic heterocycles. The number of aliphatic hydroxyl groups is 1. The third kappa shape index (κ3) is 2.33. The maximum atomic E-state index is 12.2. The molecule has 5 aliphatic rings. The number of aliphatic hydroxyl groups excluding tert-OH is 1. The molecule has 2 N–H and O–H groups in total. The molecule has 4 bridgehead atoms. The minimum Gasteiger partial charge on any atom is -0.373 e. The SMILES string of the molecule is O=C(CN1C(=O)CCC1O)N[C@]12C[C@H]3C[C@H](C[C@H](C3)O1)O2. The van der Waals surface area contributed by atoms with Crippen LogP contribution in [-0.2, 0) is 19.1 Å². The highest BCUT2D eigenvalue weighted by atomic mass is 16.7. The molecule has 1 unspecified atom stereocenters. The lowest BCUT2D eigenvalue weighted by Crippen LogP contribution is -2.67. The Morgan fingerprint density at radius 3 is 2.62 bits per heavy atom. The summed E-state index contributed by atoms with van der Waals surface area (Å²) in [6.07, 6.45) is 3.80. The van der Waals surface area contributed by atoms with Crippen LogP contribution in [0.25, 0.3) is 0 Å². The number of carbonyl (C=O) groups is 2. The van der Waals surface area contributed by atoms with Crippen molar-refractivity contribution in [2.45, 2.75) is 62.9 Å². The number of amides is 2. The first-order chi connectivity index (χ1) is 10.0. The first kappa shape index (κ1) is 13.5. The smallest absolute Gasteiger partial charge is 0.252 e. The minimum atomic E-state index is -1.01. The van der Waals surface area contributed by atoms with Crippen molar-refractivity contribution in [1.82, 2.24) is 10.2 Å². The van der Waals surface area contributed by atoms with Gasteiger partial charge in [0, 0.05) is 25.7 Å². The van der Waals surface area contributed by atoms with Crippen LogP contribution in [0.5, 0.6) is 0 Å². The van der Waals surface area contributed by atoms with E-state index in [1.807, 2.05) is 0 Å². The maximum Gasteiger partial charge on any atom is 0.252 e. The quantitative estimate of drug-likeness (QED) is 0.745. The molecule has 116 valence electrons. The van der Waals surface area contributed by atoms with Gasteiger partial charge in [-0.25, -0.2) is 0 Å². The van der Waals surface area contributed by atoms with Gasteiger partial charge in [0.2, 0.25) is 11.8 Å². The van der Waals surface area contributed by atoms with Crippen LogP contribution in [0.1, 0.15) is 38.5 Å². The van der Waals surface area contributed by atoms with Crippen molar-refractivity contribution in [2.75, 3.05) is 6.54 Å². The van der Waals surface area contributed by atoms with Crippen LogP contribution in [0.2, 0.25) is 0 Å². The summed E-state index contributed by atoms with van der Waals surface area (Å²) in [7, 11) is 0. The Bertz CT molecular complexity index is 445. The summed E-state index contributed by atoms with van der Waals surface area (Å²) in [5, 5.41) is 12.5. The molecule has 0 aromatic carbocycles. The van der Waals surface area contributed by atoms with E-state index in [9.17, 15) is 14.7 Å². The van der Waals surface area contributed by atoms with Crippen molar-refractivity contribution in [2.24, 2.45) is 5.92 Å². The van der Waals surface area contributed by atoms with Crippen LogP contribution < -0.4 is 5.32 Å². The molecule has 2 amide bonds. The standard InChI is InChI=1S/C14H20N2O5/c17-11(7-16-12(18)1-2-13(16)19)15-14-6-8-3-9(20-14)5-10(4-8)21-14/h8-10,12,18H,1-7H2,(H,15,17)/t8-,9+,10-,12?,14-. The Hall–Kier alpha value is -1.18. The molecule has 4 saturated heterocycles. The van der Waals surface area contributed by atoms with Crippen molar-refractivity contribution in [3.05, 3.63) is 0 Å². The fourth-order valence-corrected chi connectivity index (χ4v) is 4.16. The van der Waals surface area contributed by atoms with Gasteiger partial charge in [0.25, 0.3) is 5.91 Å². The van der Waals surface area contributed by atoms with Crippen molar-refractivity contribution in [3.63, 3.8) is 0 Å². The van der Waals surface area contributed by atoms with Crippen LogP contribution >= 0.6 is 0 Å². The Kier molecular flexibility index (Phi) is 2.99. The Labute approximate surface area is 122 Å². The zero-order chi connectivity index (χ0) is 14.6. The average molecular weight is 296 g/mol. The van der Waals surface area contributed by atoms with Crippen LogP contribution in [0.15, 0.2) is 0 Å². The first-order valence-corrected chi connectivity index (χ1v) is 7.67. The van der Waals surface area contributed by atoms with Crippen LogP contribution in [0, 0.1) is 5.92 Å². The van der Waals surface area contributed by atoms with E-state index in [0.29, 0.717) is 25.2 Å². The zero-order valence-corrected chi connectivity index (χ0v) is 11.8. The van der Waals surface area contributed by atoms with Crippen LogP contribution in [0.4, 0.5) is 0 Å². The molecule has 4 aliphatic heterocycles. The topological polar surface area (TPSA) is 88.1 Å². The monoisotopic (exact) mass is 296 g/mol. The second-order valence-electron chi connectivity index (χ2n) is 6.60. The molecule has 7 heteroatoms. The fourth-order valence-electron chi connectivity index (χ4n) is 4.16. The summed E-state index contributed by atoms with van der Waals surface area (Å²) < 4.78 is 11.8. The molecule has 4 heterocycles. The Balaban J connectivity index is 1.41. The molecular formula is C14H20N2O5. The Morgan fingerprint density at radius 1 is 1.33 bits per heavy atom. The molecular weight excluding hydrogens is 276 g/mol. The van der Waals surface area contributed by atoms with Gasteiger partial charge in [-0.05, 0) is 18.8 Å². The summed E-state index contributed by atoms with van der Waals surface area (Å²) in [5.41, 5.74) is 0. The van der Waals surface area contributed by atoms with E-state index in [-0.39, 0.29) is 30.6 Å². The molecule has 1 saturated carbocycles. The van der Waals surface area contributed by atoms with E-state index >= 15 is 0 Å². The summed E-state index contributed by atoms with van der Waals surface area (Å²) >= 11 is 0. The summed E-state index contributed by atoms with van der Waals surface area (Å²) in [5.74, 6) is -1.01. The van der Waals surface area contributed by atoms with E-state index < -0.39 is 12.1 Å². The second-order valence-corrected chi connectivity index (χ2v) is 6.60. The van der Waals surface area contributed by atoms with Gasteiger partial charge >= 0.3 is 0 Å². The summed E-state index contributed by atoms with van der Waals surface area (Å²) in [6, 6.07) is 0. The molecule has 0 radical (unpaired) electrons. The van der Waals surface area contributed by atoms with E-state index in [2.05, 4.69) is 5.32 Å². The molecule has 7 nitrogen and oxygen atoms in total. The van der Waals surface area contributed by atoms with Gasteiger partial charge in [0.15, 0.2) is 0 Å². The van der Waals surface area contributed by atoms with Crippen LogP contribution in [0.3, 0.4) is 0 Å². The number of nitrogens with one attached hydrogen (secondary N) is 1. The number of nitrogens with zero attached hydrogens (tertiary/aromatic N) is 1. The lowest BCUT2D eigenvalue weighted by molar-refractivity contribution is -0.380. The molecule has 5 atom stereocenters. The van der Waals surface area contributed by atoms with Gasteiger partial charge in [-0.3, -0.25) is 9.59 Å².